The number of thioether (sulfide) groups is 1. The van der Waals surface area contributed by atoms with Crippen LogP contribution in [0.25, 0.3) is 0 Å². The number of hydrogen-bond acceptors (Lipinski definition) is 6. The van der Waals surface area contributed by atoms with E-state index < -0.39 is 9.84 Å². The monoisotopic (exact) mass is 398 g/mol. The highest BCUT2D eigenvalue weighted by Gasteiger charge is 2.32. The molecule has 0 spiro atoms. The molecule has 2 heterocycles. The molecular formula is C16H19FN4O3S2. The Morgan fingerprint density at radius 3 is 2.85 bits per heavy atom. The summed E-state index contributed by atoms with van der Waals surface area (Å²) in [4.78, 5) is 12.1. The van der Waals surface area contributed by atoms with E-state index in [0.717, 1.165) is 0 Å². The van der Waals surface area contributed by atoms with Gasteiger partial charge in [-0.1, -0.05) is 17.8 Å². The highest BCUT2D eigenvalue weighted by Crippen LogP contribution is 2.29. The first-order valence-corrected chi connectivity index (χ1v) is 10.8. The summed E-state index contributed by atoms with van der Waals surface area (Å²) in [5.41, 5.74) is 0.909. The Labute approximate surface area is 155 Å². The molecule has 1 fully saturated rings. The average Bonchev–Trinajstić information content (AvgIpc) is 3.11. The molecule has 2 aromatic rings. The van der Waals surface area contributed by atoms with Crippen molar-refractivity contribution >= 4 is 33.2 Å². The van der Waals surface area contributed by atoms with Crippen molar-refractivity contribution in [1.82, 2.24) is 14.8 Å². The lowest BCUT2D eigenvalue weighted by Crippen LogP contribution is -2.15. The highest BCUT2D eigenvalue weighted by molar-refractivity contribution is 7.99. The van der Waals surface area contributed by atoms with Crippen molar-refractivity contribution in [1.29, 1.82) is 0 Å². The molecular weight excluding hydrogens is 379 g/mol. The van der Waals surface area contributed by atoms with Gasteiger partial charge in [0.25, 0.3) is 0 Å². The number of amides is 1. The summed E-state index contributed by atoms with van der Waals surface area (Å²) in [6, 6.07) is 4.52. The third-order valence-electron chi connectivity index (χ3n) is 4.25. The van der Waals surface area contributed by atoms with E-state index in [2.05, 4.69) is 15.5 Å². The number of aromatic nitrogens is 3. The summed E-state index contributed by atoms with van der Waals surface area (Å²) in [5, 5.41) is 11.3. The quantitative estimate of drug-likeness (QED) is 0.773. The van der Waals surface area contributed by atoms with Gasteiger partial charge in [-0.2, -0.15) is 0 Å². The van der Waals surface area contributed by atoms with Gasteiger partial charge >= 0.3 is 0 Å². The summed E-state index contributed by atoms with van der Waals surface area (Å²) in [7, 11) is -1.24. The Bertz CT molecular complexity index is 943. The van der Waals surface area contributed by atoms with Gasteiger partial charge in [0, 0.05) is 18.7 Å². The number of anilines is 1. The summed E-state index contributed by atoms with van der Waals surface area (Å²) in [5.74, 6) is 0.146. The van der Waals surface area contributed by atoms with E-state index in [0.29, 0.717) is 28.7 Å². The van der Waals surface area contributed by atoms with Crippen molar-refractivity contribution < 1.29 is 17.6 Å². The second-order valence-corrected chi connectivity index (χ2v) is 9.47. The number of halogens is 1. The van der Waals surface area contributed by atoms with Gasteiger partial charge in [0.15, 0.2) is 15.0 Å². The number of carbonyl (C=O) groups is 1. The van der Waals surface area contributed by atoms with Crippen LogP contribution >= 0.6 is 11.8 Å². The van der Waals surface area contributed by atoms with Gasteiger partial charge in [-0.3, -0.25) is 4.79 Å². The third-order valence-corrected chi connectivity index (χ3v) is 7.04. The zero-order valence-electron chi connectivity index (χ0n) is 14.4. The number of sulfone groups is 1. The Morgan fingerprint density at radius 1 is 1.42 bits per heavy atom. The normalized spacial score (nSPS) is 18.8. The molecule has 0 unspecified atom stereocenters. The fourth-order valence-corrected chi connectivity index (χ4v) is 5.26. The Morgan fingerprint density at radius 2 is 2.19 bits per heavy atom. The molecule has 1 aromatic heterocycles. The molecule has 0 aliphatic carbocycles. The fourth-order valence-electron chi connectivity index (χ4n) is 2.80. The van der Waals surface area contributed by atoms with E-state index in [4.69, 9.17) is 0 Å². The number of aryl methyl sites for hydroxylation is 1. The van der Waals surface area contributed by atoms with Crippen LogP contribution < -0.4 is 5.32 Å². The van der Waals surface area contributed by atoms with E-state index in [1.165, 1.54) is 17.8 Å². The molecule has 1 N–H and O–H groups in total. The molecule has 1 atom stereocenters. The molecule has 26 heavy (non-hydrogen) atoms. The number of nitrogens with zero attached hydrogens (tertiary/aromatic N) is 3. The Hall–Kier alpha value is -1.94. The number of rotatable bonds is 5. The SMILES string of the molecule is Cc1ccc(NC(=O)CSc2nnc([C@@H]3CCS(=O)(=O)C3)n2C)cc1F. The van der Waals surface area contributed by atoms with E-state index >= 15 is 0 Å². The maximum Gasteiger partial charge on any atom is 0.234 e. The molecule has 0 saturated carbocycles. The number of nitrogens with one attached hydrogen (secondary N) is 1. The summed E-state index contributed by atoms with van der Waals surface area (Å²) in [6.07, 6.45) is 0.540. The first-order valence-electron chi connectivity index (χ1n) is 8.03. The number of benzene rings is 1. The summed E-state index contributed by atoms with van der Waals surface area (Å²) < 4.78 is 38.5. The van der Waals surface area contributed by atoms with Crippen LogP contribution in [-0.2, 0) is 21.7 Å². The average molecular weight is 398 g/mol. The lowest BCUT2D eigenvalue weighted by atomic mass is 10.1. The largest absolute Gasteiger partial charge is 0.325 e. The fraction of sp³-hybridized carbons (Fsp3) is 0.438. The van der Waals surface area contributed by atoms with E-state index in [-0.39, 0.29) is 34.9 Å². The Balaban J connectivity index is 1.59. The van der Waals surface area contributed by atoms with E-state index in [1.807, 2.05) is 0 Å². The molecule has 1 aromatic carbocycles. The first-order chi connectivity index (χ1) is 12.2. The van der Waals surface area contributed by atoms with Gasteiger partial charge in [0.2, 0.25) is 5.91 Å². The van der Waals surface area contributed by atoms with Gasteiger partial charge < -0.3 is 9.88 Å². The Kier molecular flexibility index (Phi) is 5.33. The summed E-state index contributed by atoms with van der Waals surface area (Å²) in [6.45, 7) is 1.65. The molecule has 1 aliphatic rings. The van der Waals surface area contributed by atoms with Gasteiger partial charge in [-0.25, -0.2) is 12.8 Å². The zero-order chi connectivity index (χ0) is 18.9. The maximum atomic E-state index is 13.5. The lowest BCUT2D eigenvalue weighted by Gasteiger charge is -2.08. The molecule has 0 bridgehead atoms. The van der Waals surface area contributed by atoms with Crippen LogP contribution in [0.3, 0.4) is 0 Å². The maximum absolute atomic E-state index is 13.5. The second kappa shape index (κ2) is 7.36. The highest BCUT2D eigenvalue weighted by atomic mass is 32.2. The van der Waals surface area contributed by atoms with Crippen LogP contribution in [0.4, 0.5) is 10.1 Å². The van der Waals surface area contributed by atoms with Crippen LogP contribution in [0.15, 0.2) is 23.4 Å². The van der Waals surface area contributed by atoms with Crippen molar-refractivity contribution in [3.05, 3.63) is 35.4 Å². The minimum atomic E-state index is -3.00. The molecule has 10 heteroatoms. The lowest BCUT2D eigenvalue weighted by molar-refractivity contribution is -0.113. The van der Waals surface area contributed by atoms with Gasteiger partial charge in [0.1, 0.15) is 11.6 Å². The third kappa shape index (κ3) is 4.24. The van der Waals surface area contributed by atoms with Crippen LogP contribution in [0.1, 0.15) is 23.7 Å². The molecule has 1 aliphatic heterocycles. The predicted molar refractivity (Wildman–Crippen MR) is 97.5 cm³/mol. The number of hydrogen-bond donors (Lipinski definition) is 1. The molecule has 140 valence electrons. The van der Waals surface area contributed by atoms with Crippen LogP contribution in [-0.4, -0.2) is 46.3 Å². The molecule has 7 nitrogen and oxygen atoms in total. The van der Waals surface area contributed by atoms with Gasteiger partial charge in [-0.15, -0.1) is 10.2 Å². The minimum Gasteiger partial charge on any atom is -0.325 e. The van der Waals surface area contributed by atoms with E-state index in [9.17, 15) is 17.6 Å². The van der Waals surface area contributed by atoms with Crippen molar-refractivity contribution in [2.45, 2.75) is 24.4 Å². The number of carbonyl (C=O) groups excluding carboxylic acids is 1. The molecule has 0 radical (unpaired) electrons. The topological polar surface area (TPSA) is 94.0 Å². The van der Waals surface area contributed by atoms with Crippen LogP contribution in [0.2, 0.25) is 0 Å². The van der Waals surface area contributed by atoms with Crippen LogP contribution in [0.5, 0.6) is 0 Å². The van der Waals surface area contributed by atoms with Crippen molar-refractivity contribution in [3.8, 4) is 0 Å². The smallest absolute Gasteiger partial charge is 0.234 e. The van der Waals surface area contributed by atoms with Crippen molar-refractivity contribution in [2.24, 2.45) is 7.05 Å². The van der Waals surface area contributed by atoms with Crippen LogP contribution in [0, 0.1) is 12.7 Å². The van der Waals surface area contributed by atoms with Gasteiger partial charge in [-0.05, 0) is 31.0 Å². The van der Waals surface area contributed by atoms with Gasteiger partial charge in [0.05, 0.1) is 17.3 Å². The standard InChI is InChI=1S/C16H19FN4O3S2/c1-10-3-4-12(7-13(10)17)18-14(22)8-25-16-20-19-15(21(16)2)11-5-6-26(23,24)9-11/h3-4,7,11H,5-6,8-9H2,1-2H3,(H,18,22)/t11-/m1/s1. The van der Waals surface area contributed by atoms with E-state index in [1.54, 1.807) is 30.7 Å². The zero-order valence-corrected chi connectivity index (χ0v) is 16.0. The summed E-state index contributed by atoms with van der Waals surface area (Å²) >= 11 is 1.20. The molecule has 1 saturated heterocycles. The first kappa shape index (κ1) is 18.8. The molecule has 1 amide bonds. The van der Waals surface area contributed by atoms with Crippen molar-refractivity contribution in [2.75, 3.05) is 22.6 Å². The predicted octanol–water partition coefficient (Wildman–Crippen LogP) is 1.90. The van der Waals surface area contributed by atoms with Crippen molar-refractivity contribution in [3.63, 3.8) is 0 Å². The minimum absolute atomic E-state index is 0.0864. The second-order valence-electron chi connectivity index (χ2n) is 6.30. The molecule has 3 rings (SSSR count).